The Bertz CT molecular complexity index is 529. The molecular weight excluding hydrogens is 320 g/mol. The maximum absolute atomic E-state index is 12.1. The summed E-state index contributed by atoms with van der Waals surface area (Å²) in [6.07, 6.45) is 0. The normalized spacial score (nSPS) is 12.7. The van der Waals surface area contributed by atoms with E-state index in [0.29, 0.717) is 10.2 Å². The number of anilines is 1. The van der Waals surface area contributed by atoms with Crippen LogP contribution in [0.5, 0.6) is 0 Å². The van der Waals surface area contributed by atoms with Crippen LogP contribution in [0.25, 0.3) is 0 Å². The second kappa shape index (κ2) is 5.56. The van der Waals surface area contributed by atoms with Crippen molar-refractivity contribution in [3.63, 3.8) is 0 Å². The molecule has 0 atom stereocenters. The van der Waals surface area contributed by atoms with Gasteiger partial charge in [0.05, 0.1) is 10.5 Å². The molecule has 0 saturated heterocycles. The van der Waals surface area contributed by atoms with Crippen LogP contribution in [0.4, 0.5) is 5.69 Å². The van der Waals surface area contributed by atoms with Gasteiger partial charge in [0.1, 0.15) is 0 Å². The predicted molar refractivity (Wildman–Crippen MR) is 74.8 cm³/mol. The van der Waals surface area contributed by atoms with Crippen molar-refractivity contribution in [2.24, 2.45) is 0 Å². The van der Waals surface area contributed by atoms with E-state index in [2.05, 4.69) is 20.7 Å². The standard InChI is InChI=1S/C11H17BrN2O3S/c1-11(2,17-3)7-14-18(15,16)10-6-8(13)4-5-9(10)12/h4-6,14H,7,13H2,1-3H3. The first kappa shape index (κ1) is 15.4. The Labute approximate surface area is 116 Å². The number of halogens is 1. The van der Waals surface area contributed by atoms with Gasteiger partial charge in [0.2, 0.25) is 10.0 Å². The number of rotatable bonds is 5. The Kier molecular flexibility index (Phi) is 4.77. The molecule has 0 aliphatic carbocycles. The summed E-state index contributed by atoms with van der Waals surface area (Å²) in [5.41, 5.74) is 5.42. The van der Waals surface area contributed by atoms with Gasteiger partial charge < -0.3 is 10.5 Å². The van der Waals surface area contributed by atoms with Crippen LogP contribution < -0.4 is 10.5 Å². The van der Waals surface area contributed by atoms with E-state index in [1.165, 1.54) is 13.2 Å². The van der Waals surface area contributed by atoms with Crippen LogP contribution >= 0.6 is 15.9 Å². The quantitative estimate of drug-likeness (QED) is 0.802. The monoisotopic (exact) mass is 336 g/mol. The van der Waals surface area contributed by atoms with Gasteiger partial charge in [-0.05, 0) is 48.0 Å². The molecule has 3 N–H and O–H groups in total. The van der Waals surface area contributed by atoms with Crippen molar-refractivity contribution in [2.45, 2.75) is 24.3 Å². The van der Waals surface area contributed by atoms with Gasteiger partial charge in [-0.3, -0.25) is 0 Å². The van der Waals surface area contributed by atoms with Gasteiger partial charge in [-0.2, -0.15) is 0 Å². The van der Waals surface area contributed by atoms with Crippen LogP contribution in [0.3, 0.4) is 0 Å². The van der Waals surface area contributed by atoms with E-state index < -0.39 is 15.6 Å². The third-order valence-electron chi connectivity index (χ3n) is 2.49. The van der Waals surface area contributed by atoms with Crippen LogP contribution in [-0.2, 0) is 14.8 Å². The number of hydrogen-bond donors (Lipinski definition) is 2. The summed E-state index contributed by atoms with van der Waals surface area (Å²) in [6, 6.07) is 4.64. The number of ether oxygens (including phenoxy) is 1. The van der Waals surface area contributed by atoms with Gasteiger partial charge in [0.15, 0.2) is 0 Å². The molecule has 1 aromatic carbocycles. The molecule has 1 rings (SSSR count). The fourth-order valence-electron chi connectivity index (χ4n) is 1.14. The third kappa shape index (κ3) is 3.94. The molecule has 0 radical (unpaired) electrons. The maximum Gasteiger partial charge on any atom is 0.241 e. The summed E-state index contributed by atoms with van der Waals surface area (Å²) in [7, 11) is -2.08. The second-order valence-corrected chi connectivity index (χ2v) is 7.07. The molecule has 0 saturated carbocycles. The number of methoxy groups -OCH3 is 1. The fourth-order valence-corrected chi connectivity index (χ4v) is 3.34. The first-order chi connectivity index (χ1) is 8.18. The van der Waals surface area contributed by atoms with E-state index >= 15 is 0 Å². The Morgan fingerprint density at radius 2 is 2.06 bits per heavy atom. The highest BCUT2D eigenvalue weighted by molar-refractivity contribution is 9.10. The number of nitrogens with one attached hydrogen (secondary N) is 1. The average molecular weight is 337 g/mol. The van der Waals surface area contributed by atoms with E-state index in [1.807, 2.05) is 0 Å². The summed E-state index contributed by atoms with van der Waals surface area (Å²) in [6.45, 7) is 3.76. The molecule has 7 heteroatoms. The van der Waals surface area contributed by atoms with E-state index in [4.69, 9.17) is 10.5 Å². The number of nitrogen functional groups attached to an aromatic ring is 1. The van der Waals surface area contributed by atoms with Gasteiger partial charge in [0.25, 0.3) is 0 Å². The summed E-state index contributed by atoms with van der Waals surface area (Å²) in [5.74, 6) is 0. The molecule has 1 aromatic rings. The zero-order valence-corrected chi connectivity index (χ0v) is 12.9. The van der Waals surface area contributed by atoms with Gasteiger partial charge in [-0.1, -0.05) is 0 Å². The minimum absolute atomic E-state index is 0.120. The van der Waals surface area contributed by atoms with Gasteiger partial charge in [-0.15, -0.1) is 0 Å². The lowest BCUT2D eigenvalue weighted by Gasteiger charge is -2.23. The lowest BCUT2D eigenvalue weighted by Crippen LogP contribution is -2.39. The molecule has 18 heavy (non-hydrogen) atoms. The molecule has 0 fully saturated rings. The molecular formula is C11H17BrN2O3S. The summed E-state index contributed by atoms with van der Waals surface area (Å²) >= 11 is 3.20. The molecule has 0 aliphatic heterocycles. The summed E-state index contributed by atoms with van der Waals surface area (Å²) in [5, 5.41) is 0. The van der Waals surface area contributed by atoms with Gasteiger partial charge in [0, 0.05) is 23.8 Å². The third-order valence-corrected chi connectivity index (χ3v) is 4.88. The van der Waals surface area contributed by atoms with Crippen LogP contribution in [-0.4, -0.2) is 27.7 Å². The van der Waals surface area contributed by atoms with Crippen molar-refractivity contribution in [1.29, 1.82) is 0 Å². The lowest BCUT2D eigenvalue weighted by atomic mass is 10.1. The highest BCUT2D eigenvalue weighted by Crippen LogP contribution is 2.24. The molecule has 102 valence electrons. The van der Waals surface area contributed by atoms with E-state index in [0.717, 1.165) is 0 Å². The first-order valence-electron chi connectivity index (χ1n) is 5.28. The molecule has 0 spiro atoms. The summed E-state index contributed by atoms with van der Waals surface area (Å²) in [4.78, 5) is 0.120. The smallest absolute Gasteiger partial charge is 0.241 e. The van der Waals surface area contributed by atoms with Gasteiger partial charge >= 0.3 is 0 Å². The zero-order chi connectivity index (χ0) is 14.0. The van der Waals surface area contributed by atoms with Crippen LogP contribution in [0.1, 0.15) is 13.8 Å². The second-order valence-electron chi connectivity index (χ2n) is 4.48. The van der Waals surface area contributed by atoms with Crippen molar-refractivity contribution < 1.29 is 13.2 Å². The number of nitrogens with two attached hydrogens (primary N) is 1. The maximum atomic E-state index is 12.1. The molecule has 0 unspecified atom stereocenters. The van der Waals surface area contributed by atoms with Gasteiger partial charge in [-0.25, -0.2) is 13.1 Å². The molecule has 0 bridgehead atoms. The largest absolute Gasteiger partial charge is 0.399 e. The Morgan fingerprint density at radius 3 is 2.61 bits per heavy atom. The Balaban J connectivity index is 2.97. The highest BCUT2D eigenvalue weighted by atomic mass is 79.9. The van der Waals surface area contributed by atoms with Crippen molar-refractivity contribution in [2.75, 3.05) is 19.4 Å². The minimum atomic E-state index is -3.61. The number of hydrogen-bond acceptors (Lipinski definition) is 4. The molecule has 5 nitrogen and oxygen atoms in total. The van der Waals surface area contributed by atoms with Crippen LogP contribution in [0, 0.1) is 0 Å². The Hall–Kier alpha value is -0.630. The van der Waals surface area contributed by atoms with Crippen molar-refractivity contribution in [3.8, 4) is 0 Å². The Morgan fingerprint density at radius 1 is 1.44 bits per heavy atom. The SMILES string of the molecule is COC(C)(C)CNS(=O)(=O)c1cc(N)ccc1Br. The molecule has 0 amide bonds. The lowest BCUT2D eigenvalue weighted by molar-refractivity contribution is 0.0276. The van der Waals surface area contributed by atoms with E-state index in [9.17, 15) is 8.42 Å². The topological polar surface area (TPSA) is 81.4 Å². The first-order valence-corrected chi connectivity index (χ1v) is 7.55. The zero-order valence-electron chi connectivity index (χ0n) is 10.5. The van der Waals surface area contributed by atoms with Crippen LogP contribution in [0.2, 0.25) is 0 Å². The summed E-state index contributed by atoms with van der Waals surface area (Å²) < 4.78 is 32.4. The predicted octanol–water partition coefficient (Wildman–Crippen LogP) is 1.73. The van der Waals surface area contributed by atoms with E-state index in [1.54, 1.807) is 26.0 Å². The number of benzene rings is 1. The minimum Gasteiger partial charge on any atom is -0.399 e. The van der Waals surface area contributed by atoms with Crippen molar-refractivity contribution >= 4 is 31.6 Å². The number of sulfonamides is 1. The van der Waals surface area contributed by atoms with Crippen molar-refractivity contribution in [3.05, 3.63) is 22.7 Å². The average Bonchev–Trinajstić information content (AvgIpc) is 2.30. The molecule has 0 aromatic heterocycles. The molecule has 0 aliphatic rings. The highest BCUT2D eigenvalue weighted by Gasteiger charge is 2.23. The molecule has 0 heterocycles. The van der Waals surface area contributed by atoms with Crippen molar-refractivity contribution in [1.82, 2.24) is 4.72 Å². The van der Waals surface area contributed by atoms with E-state index in [-0.39, 0.29) is 11.4 Å². The van der Waals surface area contributed by atoms with Crippen LogP contribution in [0.15, 0.2) is 27.6 Å². The fraction of sp³-hybridized carbons (Fsp3) is 0.455.